The first kappa shape index (κ1) is 16.2. The van der Waals surface area contributed by atoms with Gasteiger partial charge >= 0.3 is 0 Å². The van der Waals surface area contributed by atoms with Gasteiger partial charge in [-0.2, -0.15) is 0 Å². The molecule has 1 amide bonds. The monoisotopic (exact) mass is 330 g/mol. The van der Waals surface area contributed by atoms with E-state index in [0.29, 0.717) is 17.8 Å². The van der Waals surface area contributed by atoms with E-state index in [1.165, 1.54) is 0 Å². The summed E-state index contributed by atoms with van der Waals surface area (Å²) in [5.74, 6) is 0.697. The Hall–Kier alpha value is -0.810. The van der Waals surface area contributed by atoms with E-state index in [1.807, 2.05) is 12.1 Å². The molecule has 0 saturated heterocycles. The molecule has 1 aromatic rings. The summed E-state index contributed by atoms with van der Waals surface area (Å²) in [7, 11) is 1.78. The van der Waals surface area contributed by atoms with Crippen LogP contribution in [0.1, 0.15) is 33.0 Å². The Labute approximate surface area is 123 Å². The number of hydrogen-bond acceptors (Lipinski definition) is 3. The fourth-order valence-corrected chi connectivity index (χ4v) is 2.41. The minimum atomic E-state index is -0.136. The molecule has 0 aliphatic heterocycles. The Balaban J connectivity index is 2.64. The molecule has 0 aromatic carbocycles. The number of nitrogens with two attached hydrogens (primary N) is 1. The SMILES string of the molecule is CN(Cc1ccc(Br)o1)C(=O)C(CN)CC(C)(C)C. The summed E-state index contributed by atoms with van der Waals surface area (Å²) in [6.45, 7) is 7.19. The molecule has 1 rings (SSSR count). The highest BCUT2D eigenvalue weighted by Gasteiger charge is 2.26. The topological polar surface area (TPSA) is 59.5 Å². The maximum absolute atomic E-state index is 12.4. The van der Waals surface area contributed by atoms with E-state index in [0.717, 1.165) is 12.2 Å². The first-order valence-corrected chi connectivity index (χ1v) is 7.21. The maximum atomic E-state index is 12.4. The lowest BCUT2D eigenvalue weighted by atomic mass is 9.84. The smallest absolute Gasteiger partial charge is 0.227 e. The van der Waals surface area contributed by atoms with Crippen molar-refractivity contribution in [3.05, 3.63) is 22.6 Å². The molecule has 19 heavy (non-hydrogen) atoms. The largest absolute Gasteiger partial charge is 0.452 e. The Morgan fingerprint density at radius 2 is 2.11 bits per heavy atom. The highest BCUT2D eigenvalue weighted by Crippen LogP contribution is 2.25. The quantitative estimate of drug-likeness (QED) is 0.902. The van der Waals surface area contributed by atoms with Crippen LogP contribution in [0.15, 0.2) is 21.2 Å². The molecule has 1 atom stereocenters. The summed E-state index contributed by atoms with van der Waals surface area (Å²) >= 11 is 3.25. The van der Waals surface area contributed by atoms with Gasteiger partial charge in [0.1, 0.15) is 5.76 Å². The van der Waals surface area contributed by atoms with Crippen molar-refractivity contribution < 1.29 is 9.21 Å². The fourth-order valence-electron chi connectivity index (χ4n) is 2.07. The average Bonchev–Trinajstić information content (AvgIpc) is 2.69. The Kier molecular flexibility index (Phi) is 5.62. The number of carbonyl (C=O) groups excluding carboxylic acids is 1. The summed E-state index contributed by atoms with van der Waals surface area (Å²) < 4.78 is 6.08. The molecule has 4 nitrogen and oxygen atoms in total. The van der Waals surface area contributed by atoms with Crippen LogP contribution in [0.2, 0.25) is 0 Å². The molecule has 0 aliphatic rings. The molecule has 1 aromatic heterocycles. The lowest BCUT2D eigenvalue weighted by molar-refractivity contribution is -0.135. The molecule has 0 fully saturated rings. The molecule has 2 N–H and O–H groups in total. The van der Waals surface area contributed by atoms with Crippen molar-refractivity contribution in [1.29, 1.82) is 0 Å². The Morgan fingerprint density at radius 1 is 1.47 bits per heavy atom. The van der Waals surface area contributed by atoms with Crippen molar-refractivity contribution in [2.75, 3.05) is 13.6 Å². The minimum absolute atomic E-state index is 0.0740. The van der Waals surface area contributed by atoms with Crippen molar-refractivity contribution in [2.24, 2.45) is 17.1 Å². The predicted octanol–water partition coefficient (Wildman–Crippen LogP) is 3.01. The molecular formula is C14H23BrN2O2. The average molecular weight is 331 g/mol. The highest BCUT2D eigenvalue weighted by atomic mass is 79.9. The van der Waals surface area contributed by atoms with Gasteiger partial charge < -0.3 is 15.1 Å². The third kappa shape index (κ3) is 5.37. The van der Waals surface area contributed by atoms with Crippen LogP contribution in [0.3, 0.4) is 0 Å². The molecule has 0 radical (unpaired) electrons. The summed E-state index contributed by atoms with van der Waals surface area (Å²) in [6, 6.07) is 3.68. The van der Waals surface area contributed by atoms with Gasteiger partial charge in [-0.3, -0.25) is 4.79 Å². The van der Waals surface area contributed by atoms with Crippen LogP contribution in [0.5, 0.6) is 0 Å². The van der Waals surface area contributed by atoms with Crippen molar-refractivity contribution in [2.45, 2.75) is 33.7 Å². The number of halogens is 1. The van der Waals surface area contributed by atoms with Crippen LogP contribution in [-0.2, 0) is 11.3 Å². The standard InChI is InChI=1S/C14H23BrN2O2/c1-14(2,3)7-10(8-16)13(18)17(4)9-11-5-6-12(15)19-11/h5-6,10H,7-9,16H2,1-4H3. The van der Waals surface area contributed by atoms with Gasteiger partial charge in [-0.05, 0) is 39.9 Å². The van der Waals surface area contributed by atoms with Crippen LogP contribution < -0.4 is 5.73 Å². The van der Waals surface area contributed by atoms with Gasteiger partial charge in [0.25, 0.3) is 0 Å². The van der Waals surface area contributed by atoms with Crippen LogP contribution >= 0.6 is 15.9 Å². The van der Waals surface area contributed by atoms with E-state index < -0.39 is 0 Å². The molecule has 0 bridgehead atoms. The molecule has 0 spiro atoms. The van der Waals surface area contributed by atoms with Crippen molar-refractivity contribution >= 4 is 21.8 Å². The van der Waals surface area contributed by atoms with Gasteiger partial charge in [0.05, 0.1) is 12.5 Å². The number of furan rings is 1. The lowest BCUT2D eigenvalue weighted by Gasteiger charge is -2.27. The second kappa shape index (κ2) is 6.57. The Bertz CT molecular complexity index is 423. The fraction of sp³-hybridized carbons (Fsp3) is 0.643. The highest BCUT2D eigenvalue weighted by molar-refractivity contribution is 9.10. The summed E-state index contributed by atoms with van der Waals surface area (Å²) in [6.07, 6.45) is 0.786. The number of rotatable bonds is 5. The van der Waals surface area contributed by atoms with Crippen LogP contribution in [-0.4, -0.2) is 24.4 Å². The summed E-state index contributed by atoms with van der Waals surface area (Å²) in [5, 5.41) is 0. The summed E-state index contributed by atoms with van der Waals surface area (Å²) in [4.78, 5) is 14.0. The van der Waals surface area contributed by atoms with Crippen molar-refractivity contribution in [1.82, 2.24) is 4.90 Å². The summed E-state index contributed by atoms with van der Waals surface area (Å²) in [5.41, 5.74) is 5.83. The van der Waals surface area contributed by atoms with Crippen LogP contribution in [0, 0.1) is 11.3 Å². The maximum Gasteiger partial charge on any atom is 0.227 e. The first-order chi connectivity index (χ1) is 8.73. The zero-order valence-corrected chi connectivity index (χ0v) is 13.7. The predicted molar refractivity (Wildman–Crippen MR) is 79.5 cm³/mol. The van der Waals surface area contributed by atoms with E-state index in [1.54, 1.807) is 11.9 Å². The van der Waals surface area contributed by atoms with E-state index in [-0.39, 0.29) is 17.2 Å². The van der Waals surface area contributed by atoms with E-state index in [9.17, 15) is 4.79 Å². The molecule has 5 heteroatoms. The zero-order chi connectivity index (χ0) is 14.6. The molecule has 0 aliphatic carbocycles. The van der Waals surface area contributed by atoms with E-state index in [2.05, 4.69) is 36.7 Å². The third-order valence-electron chi connectivity index (χ3n) is 2.89. The molecule has 0 saturated carbocycles. The van der Waals surface area contributed by atoms with Gasteiger partial charge in [-0.1, -0.05) is 20.8 Å². The molecular weight excluding hydrogens is 308 g/mol. The van der Waals surface area contributed by atoms with Gasteiger partial charge in [0.2, 0.25) is 5.91 Å². The van der Waals surface area contributed by atoms with Crippen LogP contribution in [0.25, 0.3) is 0 Å². The van der Waals surface area contributed by atoms with Gasteiger partial charge in [-0.15, -0.1) is 0 Å². The van der Waals surface area contributed by atoms with Gasteiger partial charge in [-0.25, -0.2) is 0 Å². The van der Waals surface area contributed by atoms with E-state index in [4.69, 9.17) is 10.2 Å². The normalized spacial score (nSPS) is 13.4. The van der Waals surface area contributed by atoms with Gasteiger partial charge in [0.15, 0.2) is 4.67 Å². The second-order valence-corrected chi connectivity index (χ2v) is 6.88. The van der Waals surface area contributed by atoms with Crippen molar-refractivity contribution in [3.63, 3.8) is 0 Å². The minimum Gasteiger partial charge on any atom is -0.452 e. The number of carbonyl (C=O) groups is 1. The van der Waals surface area contributed by atoms with E-state index >= 15 is 0 Å². The van der Waals surface area contributed by atoms with Crippen LogP contribution in [0.4, 0.5) is 0 Å². The number of amides is 1. The number of hydrogen-bond donors (Lipinski definition) is 1. The molecule has 1 unspecified atom stereocenters. The lowest BCUT2D eigenvalue weighted by Crippen LogP contribution is -2.38. The Morgan fingerprint density at radius 3 is 2.53 bits per heavy atom. The third-order valence-corrected chi connectivity index (χ3v) is 3.32. The molecule has 108 valence electrons. The van der Waals surface area contributed by atoms with Gasteiger partial charge in [0, 0.05) is 13.6 Å². The van der Waals surface area contributed by atoms with Crippen molar-refractivity contribution in [3.8, 4) is 0 Å². The second-order valence-electron chi connectivity index (χ2n) is 6.10. The zero-order valence-electron chi connectivity index (χ0n) is 12.1. The number of nitrogens with zero attached hydrogens (tertiary/aromatic N) is 1. The molecule has 1 heterocycles. The first-order valence-electron chi connectivity index (χ1n) is 6.42.